The average Bonchev–Trinajstić information content (AvgIpc) is 2.94. The maximum Gasteiger partial charge on any atom is 0.300 e. The fraction of sp³-hybridized carbons (Fsp3) is 0.200. The second-order valence-electron chi connectivity index (χ2n) is 4.72. The maximum absolute atomic E-state index is 11.3. The number of furan rings is 1. The molecule has 108 valence electrons. The van der Waals surface area contributed by atoms with E-state index in [-0.39, 0.29) is 5.76 Å². The summed E-state index contributed by atoms with van der Waals surface area (Å²) in [5.74, 6) is 5.46. The summed E-state index contributed by atoms with van der Waals surface area (Å²) in [6.45, 7) is 1.23. The van der Waals surface area contributed by atoms with Crippen LogP contribution in [-0.4, -0.2) is 17.9 Å². The number of hydrogen-bond acceptors (Lipinski definition) is 5. The lowest BCUT2D eigenvalue weighted by Crippen LogP contribution is -2.29. The van der Waals surface area contributed by atoms with Crippen molar-refractivity contribution in [3.63, 3.8) is 0 Å². The number of nitriles is 1. The molecule has 0 saturated carbocycles. The number of rotatable bonds is 5. The van der Waals surface area contributed by atoms with Gasteiger partial charge in [0.25, 0.3) is 0 Å². The molecule has 0 aliphatic carbocycles. The third kappa shape index (κ3) is 3.92. The molecule has 0 atom stereocenters. The Morgan fingerprint density at radius 1 is 1.38 bits per heavy atom. The van der Waals surface area contributed by atoms with E-state index in [0.29, 0.717) is 24.4 Å². The van der Waals surface area contributed by atoms with Crippen LogP contribution in [-0.2, 0) is 13.1 Å². The van der Waals surface area contributed by atoms with E-state index in [1.807, 2.05) is 35.6 Å². The van der Waals surface area contributed by atoms with E-state index < -0.39 is 5.91 Å². The first-order valence-corrected chi connectivity index (χ1v) is 6.39. The summed E-state index contributed by atoms with van der Waals surface area (Å²) in [5, 5.41) is 8.88. The molecule has 0 unspecified atom stereocenters. The Morgan fingerprint density at radius 3 is 2.90 bits per heavy atom. The van der Waals surface area contributed by atoms with Crippen molar-refractivity contribution in [2.45, 2.75) is 13.1 Å². The van der Waals surface area contributed by atoms with Crippen molar-refractivity contribution in [1.29, 1.82) is 5.26 Å². The summed E-state index contributed by atoms with van der Waals surface area (Å²) in [4.78, 5) is 13.3. The van der Waals surface area contributed by atoms with Crippen molar-refractivity contribution < 1.29 is 9.21 Å². The van der Waals surface area contributed by atoms with Gasteiger partial charge in [-0.1, -0.05) is 12.1 Å². The second kappa shape index (κ2) is 6.70. The minimum atomic E-state index is -0.453. The van der Waals surface area contributed by atoms with Crippen LogP contribution in [0.25, 0.3) is 0 Å². The van der Waals surface area contributed by atoms with Crippen LogP contribution in [0.3, 0.4) is 0 Å². The number of nitrogens with zero attached hydrogens (tertiary/aromatic N) is 2. The highest BCUT2D eigenvalue weighted by Crippen LogP contribution is 2.12. The first kappa shape index (κ1) is 14.8. The Labute approximate surface area is 122 Å². The zero-order chi connectivity index (χ0) is 15.2. The lowest BCUT2D eigenvalue weighted by molar-refractivity contribution is 0.0922. The first-order valence-electron chi connectivity index (χ1n) is 6.39. The summed E-state index contributed by atoms with van der Waals surface area (Å²) in [6.07, 6.45) is 0. The van der Waals surface area contributed by atoms with E-state index in [2.05, 4.69) is 6.07 Å². The molecular weight excluding hydrogens is 268 g/mol. The SMILES string of the molecule is CN(Cc1cccc(C#N)c1)Cc1ccc(C(=O)NN)o1. The molecule has 3 N–H and O–H groups in total. The Bertz CT molecular complexity index is 672. The number of nitrogen functional groups attached to an aromatic ring is 1. The molecule has 0 saturated heterocycles. The summed E-state index contributed by atoms with van der Waals surface area (Å²) in [6, 6.07) is 12.9. The van der Waals surface area contributed by atoms with Crippen molar-refractivity contribution in [3.05, 3.63) is 59.0 Å². The fourth-order valence-electron chi connectivity index (χ4n) is 2.03. The topological polar surface area (TPSA) is 95.3 Å². The molecule has 0 aliphatic heterocycles. The van der Waals surface area contributed by atoms with Gasteiger partial charge in [0.05, 0.1) is 18.2 Å². The van der Waals surface area contributed by atoms with Crippen LogP contribution in [0, 0.1) is 11.3 Å². The zero-order valence-electron chi connectivity index (χ0n) is 11.7. The number of benzene rings is 1. The molecular formula is C15H16N4O2. The molecule has 2 rings (SSSR count). The summed E-state index contributed by atoms with van der Waals surface area (Å²) in [5.41, 5.74) is 3.71. The van der Waals surface area contributed by atoms with Gasteiger partial charge < -0.3 is 4.42 Å². The molecule has 1 heterocycles. The highest BCUT2D eigenvalue weighted by atomic mass is 16.4. The number of nitrogens with one attached hydrogen (secondary N) is 1. The molecule has 1 aromatic heterocycles. The molecule has 6 nitrogen and oxygen atoms in total. The molecule has 0 radical (unpaired) electrons. The van der Waals surface area contributed by atoms with Gasteiger partial charge in [-0.15, -0.1) is 0 Å². The van der Waals surface area contributed by atoms with Crippen LogP contribution in [0.1, 0.15) is 27.4 Å². The number of carbonyl (C=O) groups excluding carboxylic acids is 1. The Hall–Kier alpha value is -2.62. The summed E-state index contributed by atoms with van der Waals surface area (Å²) in [7, 11) is 1.93. The molecule has 0 spiro atoms. The number of amides is 1. The highest BCUT2D eigenvalue weighted by Gasteiger charge is 2.11. The van der Waals surface area contributed by atoms with Crippen molar-refractivity contribution in [1.82, 2.24) is 10.3 Å². The van der Waals surface area contributed by atoms with E-state index in [4.69, 9.17) is 15.5 Å². The zero-order valence-corrected chi connectivity index (χ0v) is 11.7. The second-order valence-corrected chi connectivity index (χ2v) is 4.72. The molecule has 2 aromatic rings. The van der Waals surface area contributed by atoms with Gasteiger partial charge in [-0.05, 0) is 36.9 Å². The van der Waals surface area contributed by atoms with Crippen molar-refractivity contribution >= 4 is 5.91 Å². The van der Waals surface area contributed by atoms with Gasteiger partial charge in [-0.25, -0.2) is 5.84 Å². The third-order valence-electron chi connectivity index (χ3n) is 2.95. The van der Waals surface area contributed by atoms with E-state index in [0.717, 1.165) is 5.56 Å². The van der Waals surface area contributed by atoms with E-state index in [1.165, 1.54) is 0 Å². The Kier molecular flexibility index (Phi) is 4.72. The van der Waals surface area contributed by atoms with Gasteiger partial charge in [0.1, 0.15) is 5.76 Å². The minimum Gasteiger partial charge on any atom is -0.455 e. The highest BCUT2D eigenvalue weighted by molar-refractivity contribution is 5.90. The van der Waals surface area contributed by atoms with Gasteiger partial charge in [-0.2, -0.15) is 5.26 Å². The molecule has 21 heavy (non-hydrogen) atoms. The smallest absolute Gasteiger partial charge is 0.300 e. The molecule has 0 bridgehead atoms. The number of carbonyl (C=O) groups is 1. The van der Waals surface area contributed by atoms with Gasteiger partial charge >= 0.3 is 5.91 Å². The molecule has 0 fully saturated rings. The molecule has 1 amide bonds. The summed E-state index contributed by atoms with van der Waals surface area (Å²) < 4.78 is 5.40. The maximum atomic E-state index is 11.3. The predicted octanol–water partition coefficient (Wildman–Crippen LogP) is 1.39. The monoisotopic (exact) mass is 284 g/mol. The standard InChI is InChI=1S/C15H16N4O2/c1-19(9-12-4-2-3-11(7-12)8-16)10-13-5-6-14(21-13)15(20)18-17/h2-7H,9-10,17H2,1H3,(H,18,20). The normalized spacial score (nSPS) is 10.4. The lowest BCUT2D eigenvalue weighted by atomic mass is 10.1. The largest absolute Gasteiger partial charge is 0.455 e. The molecule has 0 aliphatic rings. The summed E-state index contributed by atoms with van der Waals surface area (Å²) >= 11 is 0. The Balaban J connectivity index is 1.98. The van der Waals surface area contributed by atoms with E-state index in [1.54, 1.807) is 18.2 Å². The van der Waals surface area contributed by atoms with E-state index >= 15 is 0 Å². The van der Waals surface area contributed by atoms with Crippen LogP contribution < -0.4 is 11.3 Å². The average molecular weight is 284 g/mol. The number of hydrazine groups is 1. The Morgan fingerprint density at radius 2 is 2.19 bits per heavy atom. The van der Waals surface area contributed by atoms with Gasteiger partial charge in [0, 0.05) is 6.54 Å². The van der Waals surface area contributed by atoms with Gasteiger partial charge in [-0.3, -0.25) is 15.1 Å². The van der Waals surface area contributed by atoms with Crippen LogP contribution in [0.2, 0.25) is 0 Å². The quantitative estimate of drug-likeness (QED) is 0.491. The van der Waals surface area contributed by atoms with Gasteiger partial charge in [0.2, 0.25) is 0 Å². The predicted molar refractivity (Wildman–Crippen MR) is 76.7 cm³/mol. The van der Waals surface area contributed by atoms with Crippen LogP contribution in [0.5, 0.6) is 0 Å². The van der Waals surface area contributed by atoms with Crippen molar-refractivity contribution in [2.75, 3.05) is 7.05 Å². The van der Waals surface area contributed by atoms with Crippen LogP contribution in [0.4, 0.5) is 0 Å². The lowest BCUT2D eigenvalue weighted by Gasteiger charge is -2.15. The molecule has 6 heteroatoms. The third-order valence-corrected chi connectivity index (χ3v) is 2.95. The molecule has 1 aromatic carbocycles. The first-order chi connectivity index (χ1) is 10.1. The van der Waals surface area contributed by atoms with Gasteiger partial charge in [0.15, 0.2) is 5.76 Å². The van der Waals surface area contributed by atoms with Crippen molar-refractivity contribution in [3.8, 4) is 6.07 Å². The minimum absolute atomic E-state index is 0.187. The fourth-order valence-corrected chi connectivity index (χ4v) is 2.03. The van der Waals surface area contributed by atoms with E-state index in [9.17, 15) is 4.79 Å². The van der Waals surface area contributed by atoms with Crippen LogP contribution in [0.15, 0.2) is 40.8 Å². The number of hydrogen-bond donors (Lipinski definition) is 2. The number of nitrogens with two attached hydrogens (primary N) is 1. The van der Waals surface area contributed by atoms with Crippen molar-refractivity contribution in [2.24, 2.45) is 5.84 Å². The van der Waals surface area contributed by atoms with Crippen LogP contribution >= 0.6 is 0 Å².